The zero-order valence-corrected chi connectivity index (χ0v) is 5.69. The lowest BCUT2D eigenvalue weighted by Crippen LogP contribution is -1.77. The van der Waals surface area contributed by atoms with Crippen LogP contribution in [0.3, 0.4) is 0 Å². The molecule has 0 atom stereocenters. The maximum atomic E-state index is 4.99. The highest BCUT2D eigenvalue weighted by atomic mass is 16.3. The van der Waals surface area contributed by atoms with Crippen LogP contribution < -0.4 is 0 Å². The van der Waals surface area contributed by atoms with Crippen molar-refractivity contribution in [2.45, 2.75) is 0 Å². The minimum Gasteiger partial charge on any atom is -0.441 e. The fourth-order valence-electron chi connectivity index (χ4n) is 0.805. The van der Waals surface area contributed by atoms with Crippen molar-refractivity contribution >= 4 is 0 Å². The number of rotatable bonds is 1. The van der Waals surface area contributed by atoms with Gasteiger partial charge in [-0.05, 0) is 12.1 Å². The van der Waals surface area contributed by atoms with Gasteiger partial charge in [-0.25, -0.2) is 4.98 Å². The van der Waals surface area contributed by atoms with E-state index in [2.05, 4.69) is 16.2 Å². The largest absolute Gasteiger partial charge is 0.441 e. The SMILES string of the molecule is [c]1ncoc1-c1ccccn1. The van der Waals surface area contributed by atoms with Gasteiger partial charge < -0.3 is 4.42 Å². The van der Waals surface area contributed by atoms with E-state index in [1.165, 1.54) is 6.39 Å². The lowest BCUT2D eigenvalue weighted by Gasteiger charge is -1.90. The lowest BCUT2D eigenvalue weighted by atomic mass is 10.3. The second-order valence-electron chi connectivity index (χ2n) is 2.01. The van der Waals surface area contributed by atoms with E-state index >= 15 is 0 Å². The number of hydrogen-bond acceptors (Lipinski definition) is 3. The highest BCUT2D eigenvalue weighted by Crippen LogP contribution is 2.12. The number of oxazole rings is 1. The van der Waals surface area contributed by atoms with Crippen molar-refractivity contribution in [3.63, 3.8) is 0 Å². The highest BCUT2D eigenvalue weighted by Gasteiger charge is 1.99. The molecule has 0 aliphatic carbocycles. The van der Waals surface area contributed by atoms with Crippen molar-refractivity contribution in [3.05, 3.63) is 37.0 Å². The molecule has 0 N–H and O–H groups in total. The summed E-state index contributed by atoms with van der Waals surface area (Å²) >= 11 is 0. The van der Waals surface area contributed by atoms with E-state index in [9.17, 15) is 0 Å². The molecule has 0 aliphatic heterocycles. The normalized spacial score (nSPS) is 9.82. The monoisotopic (exact) mass is 145 g/mol. The van der Waals surface area contributed by atoms with Gasteiger partial charge in [0.1, 0.15) is 11.9 Å². The van der Waals surface area contributed by atoms with Gasteiger partial charge >= 0.3 is 0 Å². The van der Waals surface area contributed by atoms with Crippen LogP contribution in [0.2, 0.25) is 0 Å². The standard InChI is InChI=1S/C8H5N2O/c1-2-4-10-7(3-1)8-5-9-6-11-8/h1-4,6H. The molecule has 0 fully saturated rings. The zero-order valence-electron chi connectivity index (χ0n) is 5.69. The lowest BCUT2D eigenvalue weighted by molar-refractivity contribution is 0.569. The highest BCUT2D eigenvalue weighted by molar-refractivity contribution is 5.48. The van der Waals surface area contributed by atoms with Crippen molar-refractivity contribution in [3.8, 4) is 11.5 Å². The Bertz CT molecular complexity index is 315. The summed E-state index contributed by atoms with van der Waals surface area (Å²) in [5, 5.41) is 0. The summed E-state index contributed by atoms with van der Waals surface area (Å²) in [5.74, 6) is 0.575. The summed E-state index contributed by atoms with van der Waals surface area (Å²) < 4.78 is 4.99. The molecule has 0 unspecified atom stereocenters. The third kappa shape index (κ3) is 1.12. The third-order valence-corrected chi connectivity index (χ3v) is 1.29. The second kappa shape index (κ2) is 2.54. The van der Waals surface area contributed by atoms with Gasteiger partial charge in [-0.2, -0.15) is 0 Å². The molecule has 0 bridgehead atoms. The van der Waals surface area contributed by atoms with Gasteiger partial charge in [0.15, 0.2) is 12.2 Å². The van der Waals surface area contributed by atoms with Gasteiger partial charge in [-0.15, -0.1) is 0 Å². The van der Waals surface area contributed by atoms with Crippen LogP contribution in [0.4, 0.5) is 0 Å². The van der Waals surface area contributed by atoms with Crippen LogP contribution in [0.5, 0.6) is 0 Å². The number of pyridine rings is 1. The van der Waals surface area contributed by atoms with E-state index in [1.807, 2.05) is 18.2 Å². The molecular weight excluding hydrogens is 140 g/mol. The van der Waals surface area contributed by atoms with Crippen molar-refractivity contribution in [2.24, 2.45) is 0 Å². The maximum absolute atomic E-state index is 4.99. The molecule has 3 nitrogen and oxygen atoms in total. The molecule has 3 heteroatoms. The number of nitrogens with zero attached hydrogens (tertiary/aromatic N) is 2. The molecule has 0 spiro atoms. The zero-order chi connectivity index (χ0) is 7.52. The molecule has 0 aliphatic rings. The van der Waals surface area contributed by atoms with Crippen molar-refractivity contribution in [2.75, 3.05) is 0 Å². The molecule has 2 rings (SSSR count). The molecule has 2 aromatic rings. The molecule has 0 saturated carbocycles. The fourth-order valence-corrected chi connectivity index (χ4v) is 0.805. The summed E-state index contributed by atoms with van der Waals surface area (Å²) in [6.07, 6.45) is 5.71. The van der Waals surface area contributed by atoms with Crippen LogP contribution in [0, 0.1) is 6.20 Å². The van der Waals surface area contributed by atoms with Crippen LogP contribution >= 0.6 is 0 Å². The molecular formula is C8H5N2O. The molecule has 53 valence electrons. The maximum Gasteiger partial charge on any atom is 0.182 e. The summed E-state index contributed by atoms with van der Waals surface area (Å²) in [5.41, 5.74) is 0.755. The van der Waals surface area contributed by atoms with Gasteiger partial charge in [-0.3, -0.25) is 4.98 Å². The van der Waals surface area contributed by atoms with Crippen LogP contribution in [0.15, 0.2) is 35.2 Å². The summed E-state index contributed by atoms with van der Waals surface area (Å²) in [6, 6.07) is 5.58. The minimum absolute atomic E-state index is 0.575. The Hall–Kier alpha value is -1.64. The Morgan fingerprint density at radius 1 is 1.36 bits per heavy atom. The summed E-state index contributed by atoms with van der Waals surface area (Å²) in [7, 11) is 0. The third-order valence-electron chi connectivity index (χ3n) is 1.29. The van der Waals surface area contributed by atoms with E-state index in [4.69, 9.17) is 4.42 Å². The molecule has 0 saturated heterocycles. The Labute approximate surface area is 63.7 Å². The second-order valence-corrected chi connectivity index (χ2v) is 2.01. The van der Waals surface area contributed by atoms with Crippen LogP contribution in [0.1, 0.15) is 0 Å². The van der Waals surface area contributed by atoms with Gasteiger partial charge in [0.2, 0.25) is 0 Å². The average molecular weight is 145 g/mol. The quantitative estimate of drug-likeness (QED) is 0.610. The minimum atomic E-state index is 0.575. The topological polar surface area (TPSA) is 38.9 Å². The first kappa shape index (κ1) is 6.09. The van der Waals surface area contributed by atoms with E-state index < -0.39 is 0 Å². The van der Waals surface area contributed by atoms with Gasteiger partial charge in [-0.1, -0.05) is 6.07 Å². The van der Waals surface area contributed by atoms with E-state index in [1.54, 1.807) is 6.20 Å². The fraction of sp³-hybridized carbons (Fsp3) is 0. The molecule has 11 heavy (non-hydrogen) atoms. The first-order chi connectivity index (χ1) is 5.47. The van der Waals surface area contributed by atoms with E-state index in [0.717, 1.165) is 5.69 Å². The van der Waals surface area contributed by atoms with E-state index in [-0.39, 0.29) is 0 Å². The molecule has 2 aromatic heterocycles. The summed E-state index contributed by atoms with van der Waals surface area (Å²) in [4.78, 5) is 7.72. The number of aromatic nitrogens is 2. The Morgan fingerprint density at radius 2 is 2.36 bits per heavy atom. The van der Waals surface area contributed by atoms with Crippen LogP contribution in [0.25, 0.3) is 11.5 Å². The van der Waals surface area contributed by atoms with Crippen molar-refractivity contribution < 1.29 is 4.42 Å². The van der Waals surface area contributed by atoms with Crippen LogP contribution in [-0.2, 0) is 0 Å². The van der Waals surface area contributed by atoms with E-state index in [0.29, 0.717) is 5.76 Å². The Kier molecular flexibility index (Phi) is 1.41. The molecule has 0 aromatic carbocycles. The molecule has 0 amide bonds. The predicted octanol–water partition coefficient (Wildman–Crippen LogP) is 1.54. The van der Waals surface area contributed by atoms with Crippen molar-refractivity contribution in [1.82, 2.24) is 9.97 Å². The van der Waals surface area contributed by atoms with Gasteiger partial charge in [0.25, 0.3) is 0 Å². The van der Waals surface area contributed by atoms with Crippen molar-refractivity contribution in [1.29, 1.82) is 0 Å². The molecule has 1 radical (unpaired) electrons. The first-order valence-electron chi connectivity index (χ1n) is 3.19. The first-order valence-corrected chi connectivity index (χ1v) is 3.19. The van der Waals surface area contributed by atoms with Crippen LogP contribution in [-0.4, -0.2) is 9.97 Å². The summed E-state index contributed by atoms with van der Waals surface area (Å²) in [6.45, 7) is 0. The smallest absolute Gasteiger partial charge is 0.182 e. The van der Waals surface area contributed by atoms with Gasteiger partial charge in [0, 0.05) is 6.20 Å². The number of hydrogen-bond donors (Lipinski definition) is 0. The Morgan fingerprint density at radius 3 is 3.00 bits per heavy atom. The molecule has 2 heterocycles. The average Bonchev–Trinajstić information content (AvgIpc) is 2.58. The van der Waals surface area contributed by atoms with Gasteiger partial charge in [0.05, 0.1) is 0 Å². The predicted molar refractivity (Wildman–Crippen MR) is 38.6 cm³/mol. The Balaban J connectivity index is 2.46.